The van der Waals surface area contributed by atoms with Crippen molar-refractivity contribution in [3.63, 3.8) is 0 Å². The van der Waals surface area contributed by atoms with Gasteiger partial charge in [0.1, 0.15) is 11.9 Å². The predicted octanol–water partition coefficient (Wildman–Crippen LogP) is 2.30. The van der Waals surface area contributed by atoms with Crippen LogP contribution < -0.4 is 10.9 Å². The van der Waals surface area contributed by atoms with Gasteiger partial charge in [-0.05, 0) is 57.5 Å². The van der Waals surface area contributed by atoms with Crippen molar-refractivity contribution < 1.29 is 5.11 Å². The van der Waals surface area contributed by atoms with E-state index < -0.39 is 6.23 Å². The Morgan fingerprint density at radius 3 is 2.69 bits per heavy atom. The zero-order valence-corrected chi connectivity index (χ0v) is 17.4. The van der Waals surface area contributed by atoms with Gasteiger partial charge in [-0.1, -0.05) is 19.3 Å². The van der Waals surface area contributed by atoms with Crippen LogP contribution in [0.2, 0.25) is 0 Å². The van der Waals surface area contributed by atoms with Gasteiger partial charge in [0.2, 0.25) is 0 Å². The highest BCUT2D eigenvalue weighted by molar-refractivity contribution is 5.52. The van der Waals surface area contributed by atoms with E-state index in [1.54, 1.807) is 6.07 Å². The average molecular weight is 400 g/mol. The van der Waals surface area contributed by atoms with Gasteiger partial charge in [-0.25, -0.2) is 4.52 Å². The molecule has 0 bridgehead atoms. The zero-order chi connectivity index (χ0) is 20.0. The molecule has 0 amide bonds. The summed E-state index contributed by atoms with van der Waals surface area (Å²) in [5.41, 5.74) is 3.11. The van der Waals surface area contributed by atoms with Crippen LogP contribution in [-0.2, 0) is 0 Å². The first-order valence-electron chi connectivity index (χ1n) is 11.4. The molecule has 7 heteroatoms. The number of aliphatic hydroxyl groups excluding tert-OH is 1. The van der Waals surface area contributed by atoms with E-state index in [0.717, 1.165) is 68.3 Å². The van der Waals surface area contributed by atoms with Gasteiger partial charge in [0, 0.05) is 25.1 Å². The first-order valence-corrected chi connectivity index (χ1v) is 11.4. The summed E-state index contributed by atoms with van der Waals surface area (Å²) < 4.78 is 1.89. The molecule has 29 heavy (non-hydrogen) atoms. The third-order valence-electron chi connectivity index (χ3n) is 7.56. The topological polar surface area (TPSA) is 85.7 Å². The largest absolute Gasteiger partial charge is 0.374 e. The molecular weight excluding hydrogens is 366 g/mol. The first-order chi connectivity index (χ1) is 14.1. The van der Waals surface area contributed by atoms with E-state index in [1.165, 1.54) is 25.7 Å². The number of aliphatic hydroxyl groups is 1. The molecule has 5 rings (SSSR count). The number of rotatable bonds is 3. The van der Waals surface area contributed by atoms with Gasteiger partial charge in [0.15, 0.2) is 0 Å². The van der Waals surface area contributed by atoms with Crippen LogP contribution in [0, 0.1) is 18.8 Å². The summed E-state index contributed by atoms with van der Waals surface area (Å²) in [5, 5.41) is 19.5. The lowest BCUT2D eigenvalue weighted by Gasteiger charge is -2.43. The molecule has 1 saturated carbocycles. The normalized spacial score (nSPS) is 27.8. The smallest absolute Gasteiger partial charge is 0.251 e. The quantitative estimate of drug-likeness (QED) is 0.737. The zero-order valence-electron chi connectivity index (χ0n) is 17.4. The van der Waals surface area contributed by atoms with Crippen molar-refractivity contribution in [1.82, 2.24) is 24.8 Å². The summed E-state index contributed by atoms with van der Waals surface area (Å²) in [4.78, 5) is 17.7. The van der Waals surface area contributed by atoms with Crippen LogP contribution >= 0.6 is 0 Å². The van der Waals surface area contributed by atoms with Gasteiger partial charge in [0.25, 0.3) is 5.56 Å². The van der Waals surface area contributed by atoms with Crippen molar-refractivity contribution >= 4 is 5.65 Å². The van der Waals surface area contributed by atoms with Crippen LogP contribution in [0.5, 0.6) is 0 Å². The highest BCUT2D eigenvalue weighted by Crippen LogP contribution is 2.39. The summed E-state index contributed by atoms with van der Waals surface area (Å²) in [6, 6.07) is 1.69. The second kappa shape index (κ2) is 7.85. The number of piperidine rings is 2. The van der Waals surface area contributed by atoms with Crippen LogP contribution in [0.25, 0.3) is 5.65 Å². The lowest BCUT2D eigenvalue weighted by molar-refractivity contribution is -0.0450. The molecule has 2 aliphatic heterocycles. The van der Waals surface area contributed by atoms with Crippen molar-refractivity contribution in [1.29, 1.82) is 0 Å². The van der Waals surface area contributed by atoms with Crippen molar-refractivity contribution in [2.24, 2.45) is 11.8 Å². The molecule has 1 aliphatic carbocycles. The Kier molecular flexibility index (Phi) is 5.22. The Hall–Kier alpha value is -1.70. The highest BCUT2D eigenvalue weighted by Gasteiger charge is 2.35. The molecule has 7 nitrogen and oxygen atoms in total. The van der Waals surface area contributed by atoms with E-state index in [0.29, 0.717) is 17.5 Å². The number of hydrogen-bond donors (Lipinski definition) is 3. The number of aryl methyl sites for hydroxylation is 1. The van der Waals surface area contributed by atoms with Crippen LogP contribution in [0.3, 0.4) is 0 Å². The monoisotopic (exact) mass is 399 g/mol. The van der Waals surface area contributed by atoms with E-state index in [4.69, 9.17) is 5.10 Å². The third kappa shape index (κ3) is 3.53. The number of nitrogens with one attached hydrogen (secondary N) is 2. The maximum absolute atomic E-state index is 12.5. The second-order valence-electron chi connectivity index (χ2n) is 9.30. The summed E-state index contributed by atoms with van der Waals surface area (Å²) in [6.45, 7) is 5.73. The highest BCUT2D eigenvalue weighted by atomic mass is 16.3. The van der Waals surface area contributed by atoms with E-state index in [9.17, 15) is 9.90 Å². The van der Waals surface area contributed by atoms with Crippen molar-refractivity contribution in [3.05, 3.63) is 33.4 Å². The number of fused-ring (bicyclic) bond motifs is 2. The SMILES string of the molecule is Cc1nn2c(C3CCNCC3)cc(=O)[nH]c2c1C(O)N1CCC2CCCCC2C1. The van der Waals surface area contributed by atoms with Crippen molar-refractivity contribution in [3.8, 4) is 0 Å². The van der Waals surface area contributed by atoms with E-state index in [2.05, 4.69) is 15.2 Å². The standard InChI is InChI=1S/C22H33N5O2/c1-14-20(22(29)26-11-8-15-4-2-3-5-17(15)13-26)21-24-19(28)12-18(27(21)25-14)16-6-9-23-10-7-16/h12,15-17,22-23,29H,2-11,13H2,1H3,(H,24,28). The lowest BCUT2D eigenvalue weighted by atomic mass is 9.75. The molecular formula is C22H33N5O2. The second-order valence-corrected chi connectivity index (χ2v) is 9.30. The summed E-state index contributed by atoms with van der Waals surface area (Å²) >= 11 is 0. The maximum atomic E-state index is 12.5. The first kappa shape index (κ1) is 19.3. The van der Waals surface area contributed by atoms with Gasteiger partial charge in [-0.2, -0.15) is 5.10 Å². The third-order valence-corrected chi connectivity index (χ3v) is 7.56. The molecule has 0 spiro atoms. The average Bonchev–Trinajstić information content (AvgIpc) is 3.08. The molecule has 2 aromatic heterocycles. The molecule has 4 heterocycles. The molecule has 3 atom stereocenters. The fourth-order valence-electron chi connectivity index (χ4n) is 5.95. The molecule has 2 saturated heterocycles. The van der Waals surface area contributed by atoms with Crippen molar-refractivity contribution in [2.45, 2.75) is 64.0 Å². The number of H-pyrrole nitrogens is 1. The Morgan fingerprint density at radius 1 is 1.14 bits per heavy atom. The van der Waals surface area contributed by atoms with Crippen LogP contribution in [0.1, 0.15) is 74.0 Å². The minimum Gasteiger partial charge on any atom is -0.374 e. The number of likely N-dealkylation sites (tertiary alicyclic amines) is 1. The number of aromatic amines is 1. The molecule has 2 aromatic rings. The minimum absolute atomic E-state index is 0.106. The van der Waals surface area contributed by atoms with E-state index in [1.807, 2.05) is 11.4 Å². The van der Waals surface area contributed by atoms with Crippen molar-refractivity contribution in [2.75, 3.05) is 26.2 Å². The molecule has 3 fully saturated rings. The number of hydrogen-bond acceptors (Lipinski definition) is 5. The maximum Gasteiger partial charge on any atom is 0.251 e. The van der Waals surface area contributed by atoms with Crippen LogP contribution in [0.4, 0.5) is 0 Å². The summed E-state index contributed by atoms with van der Waals surface area (Å²) in [6.07, 6.45) is 7.75. The molecule has 0 radical (unpaired) electrons. The summed E-state index contributed by atoms with van der Waals surface area (Å²) in [5.74, 6) is 1.84. The van der Waals surface area contributed by atoms with Gasteiger partial charge in [-0.15, -0.1) is 0 Å². The fraction of sp³-hybridized carbons (Fsp3) is 0.727. The lowest BCUT2D eigenvalue weighted by Crippen LogP contribution is -2.43. The minimum atomic E-state index is -0.714. The Labute approximate surface area is 171 Å². The molecule has 3 N–H and O–H groups in total. The van der Waals surface area contributed by atoms with Gasteiger partial charge in [0.05, 0.1) is 17.0 Å². The van der Waals surface area contributed by atoms with Gasteiger partial charge in [-0.3, -0.25) is 9.69 Å². The van der Waals surface area contributed by atoms with Gasteiger partial charge < -0.3 is 15.4 Å². The molecule has 3 unspecified atom stereocenters. The Bertz CT molecular complexity index is 929. The van der Waals surface area contributed by atoms with Crippen LogP contribution in [0.15, 0.2) is 10.9 Å². The molecule has 3 aliphatic rings. The van der Waals surface area contributed by atoms with E-state index in [-0.39, 0.29) is 5.56 Å². The molecule has 0 aromatic carbocycles. The van der Waals surface area contributed by atoms with Crippen LogP contribution in [-0.4, -0.2) is 50.8 Å². The number of nitrogens with zero attached hydrogens (tertiary/aromatic N) is 3. The Morgan fingerprint density at radius 2 is 1.90 bits per heavy atom. The predicted molar refractivity (Wildman–Crippen MR) is 112 cm³/mol. The number of aromatic nitrogens is 3. The molecule has 158 valence electrons. The summed E-state index contributed by atoms with van der Waals surface area (Å²) in [7, 11) is 0. The van der Waals surface area contributed by atoms with E-state index >= 15 is 0 Å². The fourth-order valence-corrected chi connectivity index (χ4v) is 5.95. The van der Waals surface area contributed by atoms with Gasteiger partial charge >= 0.3 is 0 Å². The Balaban J connectivity index is 1.49.